The van der Waals surface area contributed by atoms with Crippen molar-refractivity contribution >= 4 is 27.5 Å². The van der Waals surface area contributed by atoms with Gasteiger partial charge in [-0.2, -0.15) is 0 Å². The molecule has 4 nitrogen and oxygen atoms in total. The van der Waals surface area contributed by atoms with E-state index in [0.717, 1.165) is 24.0 Å². The molecule has 134 valence electrons. The molecule has 0 aliphatic heterocycles. The molecule has 0 heterocycles. The Morgan fingerprint density at radius 2 is 1.52 bits per heavy atom. The van der Waals surface area contributed by atoms with Crippen LogP contribution in [0.2, 0.25) is 5.02 Å². The fourth-order valence-corrected chi connectivity index (χ4v) is 3.63. The van der Waals surface area contributed by atoms with Crippen molar-refractivity contribution in [3.63, 3.8) is 0 Å². The van der Waals surface area contributed by atoms with Crippen LogP contribution in [0.15, 0.2) is 53.4 Å². The molecule has 0 atom stereocenters. The highest BCUT2D eigenvalue weighted by molar-refractivity contribution is 7.90. The summed E-state index contributed by atoms with van der Waals surface area (Å²) >= 11 is 5.82. The molecule has 2 aromatic carbocycles. The maximum Gasteiger partial charge on any atom is 0.264 e. The van der Waals surface area contributed by atoms with Gasteiger partial charge in [-0.1, -0.05) is 49.2 Å². The number of hydrogen-bond acceptors (Lipinski definition) is 3. The second kappa shape index (κ2) is 9.02. The molecule has 2 aromatic rings. The number of amides is 1. The summed E-state index contributed by atoms with van der Waals surface area (Å²) in [4.78, 5) is 12.0. The maximum absolute atomic E-state index is 12.2. The van der Waals surface area contributed by atoms with E-state index in [0.29, 0.717) is 17.9 Å². The summed E-state index contributed by atoms with van der Waals surface area (Å²) in [6.07, 6.45) is 3.30. The standard InChI is InChI=1S/C19H22ClNO3S/c1-2-4-15-9-13-18(14-10-15)25(23,24)21-19(22)6-3-5-16-7-11-17(20)12-8-16/h7-14H,2-6H2,1H3,(H,21,22). The molecule has 0 radical (unpaired) electrons. The van der Waals surface area contributed by atoms with Crippen molar-refractivity contribution in [1.29, 1.82) is 0 Å². The van der Waals surface area contributed by atoms with E-state index in [1.807, 2.05) is 12.1 Å². The lowest BCUT2D eigenvalue weighted by Crippen LogP contribution is -2.30. The van der Waals surface area contributed by atoms with Gasteiger partial charge in [-0.15, -0.1) is 0 Å². The molecular formula is C19H22ClNO3S. The van der Waals surface area contributed by atoms with Crippen LogP contribution in [-0.4, -0.2) is 14.3 Å². The first-order valence-corrected chi connectivity index (χ1v) is 10.2. The van der Waals surface area contributed by atoms with E-state index in [2.05, 4.69) is 11.6 Å². The molecule has 25 heavy (non-hydrogen) atoms. The minimum Gasteiger partial charge on any atom is -0.274 e. The van der Waals surface area contributed by atoms with Crippen LogP contribution in [-0.2, 0) is 27.7 Å². The molecule has 6 heteroatoms. The average molecular weight is 380 g/mol. The number of benzene rings is 2. The van der Waals surface area contributed by atoms with Gasteiger partial charge in [-0.3, -0.25) is 4.79 Å². The van der Waals surface area contributed by atoms with Crippen molar-refractivity contribution in [3.05, 3.63) is 64.7 Å². The van der Waals surface area contributed by atoms with Crippen LogP contribution in [0.25, 0.3) is 0 Å². The highest BCUT2D eigenvalue weighted by Crippen LogP contribution is 2.13. The summed E-state index contributed by atoms with van der Waals surface area (Å²) in [7, 11) is -3.81. The van der Waals surface area contributed by atoms with Gasteiger partial charge in [0.05, 0.1) is 4.90 Å². The quantitative estimate of drug-likeness (QED) is 0.750. The van der Waals surface area contributed by atoms with Gasteiger partial charge in [0.1, 0.15) is 0 Å². The molecule has 1 amide bonds. The van der Waals surface area contributed by atoms with Crippen molar-refractivity contribution in [3.8, 4) is 0 Å². The van der Waals surface area contributed by atoms with Gasteiger partial charge in [0.2, 0.25) is 5.91 Å². The Labute approximate surface area is 154 Å². The monoisotopic (exact) mass is 379 g/mol. The van der Waals surface area contributed by atoms with Gasteiger partial charge in [-0.05, 0) is 54.7 Å². The Balaban J connectivity index is 1.86. The average Bonchev–Trinajstić information content (AvgIpc) is 2.57. The van der Waals surface area contributed by atoms with E-state index in [-0.39, 0.29) is 11.3 Å². The number of halogens is 1. The van der Waals surface area contributed by atoms with Crippen LogP contribution >= 0.6 is 11.6 Å². The number of rotatable bonds is 8. The molecule has 0 bridgehead atoms. The second-order valence-corrected chi connectivity index (χ2v) is 8.02. The number of hydrogen-bond donors (Lipinski definition) is 1. The zero-order chi connectivity index (χ0) is 18.3. The molecule has 0 aromatic heterocycles. The molecule has 0 saturated heterocycles. The Hall–Kier alpha value is -1.85. The van der Waals surface area contributed by atoms with Gasteiger partial charge >= 0.3 is 0 Å². The topological polar surface area (TPSA) is 63.2 Å². The molecule has 2 rings (SSSR count). The highest BCUT2D eigenvalue weighted by Gasteiger charge is 2.17. The molecule has 0 spiro atoms. The van der Waals surface area contributed by atoms with Gasteiger partial charge in [0, 0.05) is 11.4 Å². The first-order valence-electron chi connectivity index (χ1n) is 8.30. The summed E-state index contributed by atoms with van der Waals surface area (Å²) < 4.78 is 26.6. The van der Waals surface area contributed by atoms with Crippen LogP contribution in [0.5, 0.6) is 0 Å². The Morgan fingerprint density at radius 1 is 0.960 bits per heavy atom. The molecule has 0 unspecified atom stereocenters. The third-order valence-electron chi connectivity index (χ3n) is 3.80. The number of nitrogens with one attached hydrogen (secondary N) is 1. The number of carbonyl (C=O) groups excluding carboxylic acids is 1. The number of carbonyl (C=O) groups is 1. The third kappa shape index (κ3) is 6.18. The summed E-state index contributed by atoms with van der Waals surface area (Å²) in [5.41, 5.74) is 2.14. The smallest absolute Gasteiger partial charge is 0.264 e. The zero-order valence-electron chi connectivity index (χ0n) is 14.2. The lowest BCUT2D eigenvalue weighted by Gasteiger charge is -2.08. The minimum absolute atomic E-state index is 0.110. The maximum atomic E-state index is 12.2. The fourth-order valence-electron chi connectivity index (χ4n) is 2.49. The lowest BCUT2D eigenvalue weighted by molar-refractivity contribution is -0.119. The lowest BCUT2D eigenvalue weighted by atomic mass is 10.1. The van der Waals surface area contributed by atoms with Gasteiger partial charge < -0.3 is 0 Å². The predicted octanol–water partition coefficient (Wildman–Crippen LogP) is 4.12. The largest absolute Gasteiger partial charge is 0.274 e. The van der Waals surface area contributed by atoms with E-state index in [4.69, 9.17) is 11.6 Å². The van der Waals surface area contributed by atoms with Crippen molar-refractivity contribution in [2.75, 3.05) is 0 Å². The number of aryl methyl sites for hydroxylation is 2. The molecule has 0 aliphatic rings. The first kappa shape index (κ1) is 19.5. The van der Waals surface area contributed by atoms with Crippen LogP contribution in [0.3, 0.4) is 0 Å². The zero-order valence-corrected chi connectivity index (χ0v) is 15.7. The van der Waals surface area contributed by atoms with Gasteiger partial charge in [0.25, 0.3) is 10.0 Å². The Bertz CT molecular complexity index is 800. The van der Waals surface area contributed by atoms with Crippen LogP contribution < -0.4 is 4.72 Å². The third-order valence-corrected chi connectivity index (χ3v) is 5.44. The second-order valence-electron chi connectivity index (χ2n) is 5.90. The normalized spacial score (nSPS) is 11.3. The SMILES string of the molecule is CCCc1ccc(S(=O)(=O)NC(=O)CCCc2ccc(Cl)cc2)cc1. The van der Waals surface area contributed by atoms with Crippen molar-refractivity contribution < 1.29 is 13.2 Å². The van der Waals surface area contributed by atoms with Crippen molar-refractivity contribution in [2.45, 2.75) is 43.9 Å². The van der Waals surface area contributed by atoms with Crippen molar-refractivity contribution in [1.82, 2.24) is 4.72 Å². The molecule has 1 N–H and O–H groups in total. The Kier molecular flexibility index (Phi) is 7.02. The molecule has 0 fully saturated rings. The van der Waals surface area contributed by atoms with E-state index in [1.165, 1.54) is 12.1 Å². The summed E-state index contributed by atoms with van der Waals surface area (Å²) in [6, 6.07) is 14.0. The number of sulfonamides is 1. The summed E-state index contributed by atoms with van der Waals surface area (Å²) in [5.74, 6) is -0.494. The van der Waals surface area contributed by atoms with E-state index >= 15 is 0 Å². The Morgan fingerprint density at radius 3 is 2.12 bits per heavy atom. The van der Waals surface area contributed by atoms with Crippen LogP contribution in [0.1, 0.15) is 37.3 Å². The van der Waals surface area contributed by atoms with Crippen LogP contribution in [0, 0.1) is 0 Å². The van der Waals surface area contributed by atoms with E-state index < -0.39 is 15.9 Å². The van der Waals surface area contributed by atoms with Gasteiger partial charge in [-0.25, -0.2) is 13.1 Å². The van der Waals surface area contributed by atoms with Crippen molar-refractivity contribution in [2.24, 2.45) is 0 Å². The summed E-state index contributed by atoms with van der Waals surface area (Å²) in [6.45, 7) is 2.06. The molecule has 0 saturated carbocycles. The van der Waals surface area contributed by atoms with E-state index in [9.17, 15) is 13.2 Å². The van der Waals surface area contributed by atoms with Gasteiger partial charge in [0.15, 0.2) is 0 Å². The first-order chi connectivity index (χ1) is 11.9. The fraction of sp³-hybridized carbons (Fsp3) is 0.316. The van der Waals surface area contributed by atoms with Crippen LogP contribution in [0.4, 0.5) is 0 Å². The highest BCUT2D eigenvalue weighted by atomic mass is 35.5. The molecular weight excluding hydrogens is 358 g/mol. The minimum atomic E-state index is -3.81. The summed E-state index contributed by atoms with van der Waals surface area (Å²) in [5, 5.41) is 0.664. The van der Waals surface area contributed by atoms with E-state index in [1.54, 1.807) is 24.3 Å². The predicted molar refractivity (Wildman–Crippen MR) is 100 cm³/mol. The molecule has 0 aliphatic carbocycles.